The van der Waals surface area contributed by atoms with Gasteiger partial charge in [-0.05, 0) is 13.8 Å². The molecule has 0 aromatic heterocycles. The van der Waals surface area contributed by atoms with Gasteiger partial charge in [0.1, 0.15) is 0 Å². The summed E-state index contributed by atoms with van der Waals surface area (Å²) < 4.78 is 25.2. The van der Waals surface area contributed by atoms with Crippen molar-refractivity contribution in [3.8, 4) is 0 Å². The Labute approximate surface area is 95.7 Å². The highest BCUT2D eigenvalue weighted by atomic mass is 32.2. The second-order valence-electron chi connectivity index (χ2n) is 4.19. The fourth-order valence-electron chi connectivity index (χ4n) is 1.71. The van der Waals surface area contributed by atoms with Gasteiger partial charge in [-0.3, -0.25) is 4.79 Å². The van der Waals surface area contributed by atoms with Crippen molar-refractivity contribution in [3.63, 3.8) is 0 Å². The van der Waals surface area contributed by atoms with E-state index < -0.39 is 16.0 Å². The minimum absolute atomic E-state index is 0.107. The molecule has 1 rings (SSSR count). The van der Waals surface area contributed by atoms with Gasteiger partial charge in [-0.15, -0.1) is 0 Å². The van der Waals surface area contributed by atoms with E-state index in [1.807, 2.05) is 13.8 Å². The zero-order valence-electron chi connectivity index (χ0n) is 9.51. The summed E-state index contributed by atoms with van der Waals surface area (Å²) in [4.78, 5) is 10.4. The van der Waals surface area contributed by atoms with Crippen molar-refractivity contribution in [2.45, 2.75) is 32.4 Å². The molecule has 1 fully saturated rings. The summed E-state index contributed by atoms with van der Waals surface area (Å²) in [6, 6.07) is -0.00852. The van der Waals surface area contributed by atoms with E-state index in [9.17, 15) is 13.2 Å². The van der Waals surface area contributed by atoms with E-state index in [1.54, 1.807) is 0 Å². The molecule has 0 saturated carbocycles. The second kappa shape index (κ2) is 5.11. The number of hydrogen-bond acceptors (Lipinski definition) is 4. The van der Waals surface area contributed by atoms with Crippen molar-refractivity contribution in [3.05, 3.63) is 0 Å². The molecule has 1 aliphatic rings. The average molecular weight is 250 g/mol. The molecule has 0 spiro atoms. The molecule has 0 bridgehead atoms. The average Bonchev–Trinajstić information content (AvgIpc) is 2.19. The molecule has 16 heavy (non-hydrogen) atoms. The van der Waals surface area contributed by atoms with Crippen molar-refractivity contribution >= 4 is 16.0 Å². The first-order valence-corrected chi connectivity index (χ1v) is 6.88. The molecule has 0 amide bonds. The fraction of sp³-hybridized carbons (Fsp3) is 0.889. The number of sulfonamides is 1. The highest BCUT2D eigenvalue weighted by Gasteiger charge is 2.32. The van der Waals surface area contributed by atoms with Crippen molar-refractivity contribution < 1.29 is 18.3 Å². The summed E-state index contributed by atoms with van der Waals surface area (Å²) in [5.41, 5.74) is 0. The van der Waals surface area contributed by atoms with Gasteiger partial charge in [-0.1, -0.05) is 0 Å². The summed E-state index contributed by atoms with van der Waals surface area (Å²) in [6.45, 7) is 4.74. The zero-order chi connectivity index (χ0) is 12.3. The van der Waals surface area contributed by atoms with Gasteiger partial charge in [-0.2, -0.15) is 4.31 Å². The Morgan fingerprint density at radius 1 is 1.50 bits per heavy atom. The van der Waals surface area contributed by atoms with Crippen molar-refractivity contribution in [2.24, 2.45) is 0 Å². The second-order valence-corrected chi connectivity index (χ2v) is 6.23. The maximum atomic E-state index is 11.9. The Kier molecular flexibility index (Phi) is 4.28. The third-order valence-electron chi connectivity index (χ3n) is 2.64. The van der Waals surface area contributed by atoms with Crippen LogP contribution in [0.5, 0.6) is 0 Å². The van der Waals surface area contributed by atoms with E-state index in [1.165, 1.54) is 4.31 Å². The van der Waals surface area contributed by atoms with Gasteiger partial charge in [-0.25, -0.2) is 8.42 Å². The molecule has 1 saturated heterocycles. The lowest BCUT2D eigenvalue weighted by Gasteiger charge is -2.36. The smallest absolute Gasteiger partial charge is 0.304 e. The Morgan fingerprint density at radius 2 is 2.12 bits per heavy atom. The molecular weight excluding hydrogens is 232 g/mol. The summed E-state index contributed by atoms with van der Waals surface area (Å²) in [5, 5.41) is 11.7. The highest BCUT2D eigenvalue weighted by molar-refractivity contribution is 7.89. The Hall–Kier alpha value is -0.660. The first-order chi connectivity index (χ1) is 7.33. The van der Waals surface area contributed by atoms with Crippen molar-refractivity contribution in [1.82, 2.24) is 9.62 Å². The molecule has 2 atom stereocenters. The highest BCUT2D eigenvalue weighted by Crippen LogP contribution is 2.13. The number of nitrogens with zero attached hydrogens (tertiary/aromatic N) is 1. The largest absolute Gasteiger partial charge is 0.481 e. The topological polar surface area (TPSA) is 86.7 Å². The monoisotopic (exact) mass is 250 g/mol. The van der Waals surface area contributed by atoms with Crippen LogP contribution in [0.2, 0.25) is 0 Å². The molecule has 0 radical (unpaired) electrons. The van der Waals surface area contributed by atoms with Crippen LogP contribution in [0.15, 0.2) is 0 Å². The fourth-order valence-corrected chi connectivity index (χ4v) is 3.45. The molecule has 6 nitrogen and oxygen atoms in total. The number of nitrogens with one attached hydrogen (secondary N) is 1. The number of rotatable bonds is 4. The molecule has 2 N–H and O–H groups in total. The minimum Gasteiger partial charge on any atom is -0.481 e. The third kappa shape index (κ3) is 3.43. The van der Waals surface area contributed by atoms with Gasteiger partial charge < -0.3 is 10.4 Å². The maximum Gasteiger partial charge on any atom is 0.304 e. The lowest BCUT2D eigenvalue weighted by molar-refractivity contribution is -0.136. The van der Waals surface area contributed by atoms with Gasteiger partial charge in [0.15, 0.2) is 0 Å². The van der Waals surface area contributed by atoms with Crippen LogP contribution in [0, 0.1) is 0 Å². The van der Waals surface area contributed by atoms with Gasteiger partial charge in [0.25, 0.3) is 0 Å². The summed E-state index contributed by atoms with van der Waals surface area (Å²) in [7, 11) is -3.45. The lowest BCUT2D eigenvalue weighted by Crippen LogP contribution is -2.56. The molecule has 0 aromatic carbocycles. The molecule has 1 heterocycles. The maximum absolute atomic E-state index is 11.9. The van der Waals surface area contributed by atoms with Gasteiger partial charge >= 0.3 is 5.97 Å². The SMILES string of the molecule is CC1CN(S(=O)(=O)CCC(=O)O)C(C)CN1. The minimum atomic E-state index is -3.45. The third-order valence-corrected chi connectivity index (χ3v) is 4.58. The normalized spacial score (nSPS) is 27.9. The van der Waals surface area contributed by atoms with Gasteiger partial charge in [0.05, 0.1) is 12.2 Å². The summed E-state index contributed by atoms with van der Waals surface area (Å²) in [5.74, 6) is -1.40. The molecule has 1 aliphatic heterocycles. The predicted octanol–water partition coefficient (Wildman–Crippen LogP) is -0.527. The quantitative estimate of drug-likeness (QED) is 0.700. The first-order valence-electron chi connectivity index (χ1n) is 5.27. The van der Waals surface area contributed by atoms with Crippen LogP contribution in [-0.4, -0.2) is 54.7 Å². The first kappa shape index (κ1) is 13.4. The number of hydrogen-bond donors (Lipinski definition) is 2. The van der Waals surface area contributed by atoms with E-state index in [0.29, 0.717) is 13.1 Å². The van der Waals surface area contributed by atoms with Crippen LogP contribution in [0.1, 0.15) is 20.3 Å². The van der Waals surface area contributed by atoms with E-state index in [2.05, 4.69) is 5.32 Å². The molecule has 0 aliphatic carbocycles. The van der Waals surface area contributed by atoms with Crippen molar-refractivity contribution in [2.75, 3.05) is 18.8 Å². The van der Waals surface area contributed by atoms with Crippen LogP contribution in [0.25, 0.3) is 0 Å². The van der Waals surface area contributed by atoms with Crippen LogP contribution in [-0.2, 0) is 14.8 Å². The molecule has 2 unspecified atom stereocenters. The predicted molar refractivity (Wildman–Crippen MR) is 59.7 cm³/mol. The van der Waals surface area contributed by atoms with Crippen LogP contribution in [0.3, 0.4) is 0 Å². The Balaban J connectivity index is 2.69. The molecule has 0 aromatic rings. The van der Waals surface area contributed by atoms with E-state index in [0.717, 1.165) is 0 Å². The number of carbonyl (C=O) groups is 1. The molecule has 7 heteroatoms. The van der Waals surface area contributed by atoms with E-state index in [4.69, 9.17) is 5.11 Å². The molecular formula is C9H18N2O4S. The summed E-state index contributed by atoms with van der Waals surface area (Å²) >= 11 is 0. The number of piperazine rings is 1. The van der Waals surface area contributed by atoms with Gasteiger partial charge in [0.2, 0.25) is 10.0 Å². The Morgan fingerprint density at radius 3 is 2.69 bits per heavy atom. The lowest BCUT2D eigenvalue weighted by atomic mass is 10.2. The van der Waals surface area contributed by atoms with Crippen LogP contribution >= 0.6 is 0 Å². The Bertz CT molecular complexity index is 355. The number of carboxylic acids is 1. The molecule has 94 valence electrons. The van der Waals surface area contributed by atoms with E-state index >= 15 is 0 Å². The summed E-state index contributed by atoms with van der Waals surface area (Å²) in [6.07, 6.45) is -0.340. The van der Waals surface area contributed by atoms with Crippen molar-refractivity contribution in [1.29, 1.82) is 0 Å². The van der Waals surface area contributed by atoms with Crippen LogP contribution in [0.4, 0.5) is 0 Å². The zero-order valence-corrected chi connectivity index (χ0v) is 10.3. The standard InChI is InChI=1S/C9H18N2O4S/c1-7-6-11(8(2)5-10-7)16(14,15)4-3-9(12)13/h7-8,10H,3-6H2,1-2H3,(H,12,13). The van der Waals surface area contributed by atoms with Gasteiger partial charge in [0, 0.05) is 25.2 Å². The van der Waals surface area contributed by atoms with Crippen LogP contribution < -0.4 is 5.32 Å². The number of carboxylic acid groups (broad SMARTS) is 1. The number of aliphatic carboxylic acids is 1. The van der Waals surface area contributed by atoms with E-state index in [-0.39, 0.29) is 24.3 Å².